The van der Waals surface area contributed by atoms with Gasteiger partial charge in [0.2, 0.25) is 0 Å². The van der Waals surface area contributed by atoms with Crippen molar-refractivity contribution >= 4 is 23.2 Å². The molecule has 2 aromatic rings. The van der Waals surface area contributed by atoms with Crippen molar-refractivity contribution in [1.29, 1.82) is 0 Å². The minimum atomic E-state index is -0.374. The van der Waals surface area contributed by atoms with Crippen molar-refractivity contribution < 1.29 is 9.13 Å². The lowest BCUT2D eigenvalue weighted by atomic mass is 10.1. The van der Waals surface area contributed by atoms with Crippen molar-refractivity contribution in [2.24, 2.45) is 5.73 Å². The Hall–Kier alpha value is -1.29. The van der Waals surface area contributed by atoms with Crippen molar-refractivity contribution in [1.82, 2.24) is 0 Å². The summed E-state index contributed by atoms with van der Waals surface area (Å²) in [5, 5.41) is 0.936. The minimum Gasteiger partial charge on any atom is -0.489 e. The van der Waals surface area contributed by atoms with E-state index in [1.54, 1.807) is 24.3 Å². The van der Waals surface area contributed by atoms with Gasteiger partial charge in [-0.15, -0.1) is 0 Å². The molecule has 0 fully saturated rings. The van der Waals surface area contributed by atoms with Crippen LogP contribution in [0.4, 0.5) is 4.39 Å². The fraction of sp³-hybridized carbons (Fsp3) is 0.200. The van der Waals surface area contributed by atoms with E-state index in [2.05, 4.69) is 0 Å². The van der Waals surface area contributed by atoms with Crippen LogP contribution in [0.1, 0.15) is 24.1 Å². The van der Waals surface area contributed by atoms with Crippen molar-refractivity contribution in [3.8, 4) is 5.75 Å². The largest absolute Gasteiger partial charge is 0.489 e. The summed E-state index contributed by atoms with van der Waals surface area (Å²) in [5.41, 5.74) is 7.41. The SMILES string of the molecule is C[C@@H](N)c1cc(Cl)ccc1OCc1ccc(F)cc1Cl. The molecule has 2 nitrogen and oxygen atoms in total. The van der Waals surface area contributed by atoms with Crippen molar-refractivity contribution in [2.75, 3.05) is 0 Å². The molecule has 0 aliphatic carbocycles. The highest BCUT2D eigenvalue weighted by Crippen LogP contribution is 2.28. The van der Waals surface area contributed by atoms with Crippen LogP contribution in [-0.2, 0) is 6.61 Å². The van der Waals surface area contributed by atoms with Gasteiger partial charge in [-0.3, -0.25) is 0 Å². The normalized spacial score (nSPS) is 12.2. The second-order valence-electron chi connectivity index (χ2n) is 4.50. The van der Waals surface area contributed by atoms with Gasteiger partial charge in [0.1, 0.15) is 18.2 Å². The van der Waals surface area contributed by atoms with Gasteiger partial charge in [-0.25, -0.2) is 4.39 Å². The molecule has 0 aromatic heterocycles. The third-order valence-electron chi connectivity index (χ3n) is 2.86. The van der Waals surface area contributed by atoms with Crippen LogP contribution in [0.2, 0.25) is 10.0 Å². The quantitative estimate of drug-likeness (QED) is 0.885. The van der Waals surface area contributed by atoms with Crippen LogP contribution in [-0.4, -0.2) is 0 Å². The molecular formula is C15H14Cl2FNO. The van der Waals surface area contributed by atoms with Gasteiger partial charge in [-0.1, -0.05) is 29.3 Å². The first-order chi connectivity index (χ1) is 9.47. The summed E-state index contributed by atoms with van der Waals surface area (Å²) in [6, 6.07) is 9.26. The fourth-order valence-corrected chi connectivity index (χ4v) is 2.20. The number of halogens is 3. The Bertz CT molecular complexity index is 617. The molecule has 0 spiro atoms. The predicted molar refractivity (Wildman–Crippen MR) is 79.8 cm³/mol. The number of rotatable bonds is 4. The van der Waals surface area contributed by atoms with Crippen LogP contribution in [0, 0.1) is 5.82 Å². The number of benzene rings is 2. The van der Waals surface area contributed by atoms with Gasteiger partial charge in [-0.2, -0.15) is 0 Å². The van der Waals surface area contributed by atoms with Gasteiger partial charge in [0, 0.05) is 22.2 Å². The topological polar surface area (TPSA) is 35.2 Å². The summed E-state index contributed by atoms with van der Waals surface area (Å²) >= 11 is 11.9. The molecule has 2 aromatic carbocycles. The first-order valence-electron chi connectivity index (χ1n) is 6.09. The van der Waals surface area contributed by atoms with E-state index in [0.29, 0.717) is 21.4 Å². The lowest BCUT2D eigenvalue weighted by Crippen LogP contribution is -2.08. The maximum Gasteiger partial charge on any atom is 0.124 e. The van der Waals surface area contributed by atoms with Crippen LogP contribution in [0.25, 0.3) is 0 Å². The second-order valence-corrected chi connectivity index (χ2v) is 5.34. The molecule has 0 amide bonds. The smallest absolute Gasteiger partial charge is 0.124 e. The summed E-state index contributed by atoms with van der Waals surface area (Å²) in [4.78, 5) is 0. The summed E-state index contributed by atoms with van der Waals surface area (Å²) < 4.78 is 18.7. The number of ether oxygens (including phenoxy) is 1. The maximum absolute atomic E-state index is 13.0. The van der Waals surface area contributed by atoms with E-state index in [0.717, 1.165) is 5.56 Å². The van der Waals surface area contributed by atoms with Gasteiger partial charge in [0.25, 0.3) is 0 Å². The zero-order chi connectivity index (χ0) is 14.7. The van der Waals surface area contributed by atoms with E-state index in [1.165, 1.54) is 12.1 Å². The highest BCUT2D eigenvalue weighted by atomic mass is 35.5. The van der Waals surface area contributed by atoms with Gasteiger partial charge in [-0.05, 0) is 37.3 Å². The van der Waals surface area contributed by atoms with E-state index in [4.69, 9.17) is 33.7 Å². The number of hydrogen-bond donors (Lipinski definition) is 1. The summed E-state index contributed by atoms with van der Waals surface area (Å²) in [5.74, 6) is 0.270. The number of nitrogens with two attached hydrogens (primary N) is 1. The molecule has 0 saturated heterocycles. The predicted octanol–water partition coefficient (Wildman–Crippen LogP) is 4.73. The monoisotopic (exact) mass is 313 g/mol. The fourth-order valence-electron chi connectivity index (χ4n) is 1.80. The molecule has 5 heteroatoms. The van der Waals surface area contributed by atoms with Crippen LogP contribution >= 0.6 is 23.2 Å². The Morgan fingerprint density at radius 2 is 1.95 bits per heavy atom. The van der Waals surface area contributed by atoms with E-state index in [-0.39, 0.29) is 18.5 Å². The first kappa shape index (κ1) is 15.1. The molecule has 2 N–H and O–H groups in total. The average molecular weight is 314 g/mol. The van der Waals surface area contributed by atoms with Crippen molar-refractivity contribution in [3.05, 3.63) is 63.4 Å². The molecule has 0 unspecified atom stereocenters. The molecule has 0 radical (unpaired) electrons. The Balaban J connectivity index is 2.18. The van der Waals surface area contributed by atoms with Crippen LogP contribution < -0.4 is 10.5 Å². The highest BCUT2D eigenvalue weighted by molar-refractivity contribution is 6.31. The van der Waals surface area contributed by atoms with Crippen LogP contribution in [0.5, 0.6) is 5.75 Å². The molecule has 0 aliphatic heterocycles. The van der Waals surface area contributed by atoms with Crippen molar-refractivity contribution in [2.45, 2.75) is 19.6 Å². The highest BCUT2D eigenvalue weighted by Gasteiger charge is 2.10. The van der Waals surface area contributed by atoms with E-state index in [1.807, 2.05) is 6.92 Å². The Morgan fingerprint density at radius 3 is 2.60 bits per heavy atom. The zero-order valence-electron chi connectivity index (χ0n) is 10.9. The molecule has 2 rings (SSSR count). The first-order valence-corrected chi connectivity index (χ1v) is 6.84. The maximum atomic E-state index is 13.0. The Kier molecular flexibility index (Phi) is 4.86. The second kappa shape index (κ2) is 6.44. The van der Waals surface area contributed by atoms with Crippen molar-refractivity contribution in [3.63, 3.8) is 0 Å². The average Bonchev–Trinajstić information content (AvgIpc) is 2.38. The lowest BCUT2D eigenvalue weighted by molar-refractivity contribution is 0.301. The zero-order valence-corrected chi connectivity index (χ0v) is 12.4. The van der Waals surface area contributed by atoms with E-state index < -0.39 is 0 Å². The molecule has 0 bridgehead atoms. The third kappa shape index (κ3) is 3.63. The molecule has 106 valence electrons. The molecular weight excluding hydrogens is 300 g/mol. The third-order valence-corrected chi connectivity index (χ3v) is 3.45. The molecule has 0 heterocycles. The minimum absolute atomic E-state index is 0.201. The molecule has 0 aliphatic rings. The molecule has 0 saturated carbocycles. The van der Waals surface area contributed by atoms with Crippen LogP contribution in [0.15, 0.2) is 36.4 Å². The molecule has 1 atom stereocenters. The van der Waals surface area contributed by atoms with Gasteiger partial charge in [0.15, 0.2) is 0 Å². The summed E-state index contributed by atoms with van der Waals surface area (Å²) in [6.07, 6.45) is 0. The van der Waals surface area contributed by atoms with E-state index in [9.17, 15) is 4.39 Å². The van der Waals surface area contributed by atoms with Crippen LogP contribution in [0.3, 0.4) is 0 Å². The van der Waals surface area contributed by atoms with Gasteiger partial charge in [0.05, 0.1) is 5.02 Å². The van der Waals surface area contributed by atoms with Gasteiger partial charge < -0.3 is 10.5 Å². The lowest BCUT2D eigenvalue weighted by Gasteiger charge is -2.15. The number of hydrogen-bond acceptors (Lipinski definition) is 2. The molecule has 20 heavy (non-hydrogen) atoms. The summed E-state index contributed by atoms with van der Waals surface area (Å²) in [6.45, 7) is 2.09. The summed E-state index contributed by atoms with van der Waals surface area (Å²) in [7, 11) is 0. The Morgan fingerprint density at radius 1 is 1.20 bits per heavy atom. The standard InChI is InChI=1S/C15H14Cl2FNO/c1-9(19)13-6-11(16)3-5-15(13)20-8-10-2-4-12(18)7-14(10)17/h2-7,9H,8,19H2,1H3/t9-/m1/s1. The Labute approximate surface area is 127 Å². The van der Waals surface area contributed by atoms with E-state index >= 15 is 0 Å². The van der Waals surface area contributed by atoms with Gasteiger partial charge >= 0.3 is 0 Å².